The number of nitrogens with zero attached hydrogens (tertiary/aromatic N) is 4. The van der Waals surface area contributed by atoms with Crippen molar-refractivity contribution in [2.45, 2.75) is 0 Å². The van der Waals surface area contributed by atoms with Crippen molar-refractivity contribution in [3.63, 3.8) is 0 Å². The highest BCUT2D eigenvalue weighted by atomic mass is 15.1. The minimum atomic E-state index is 0.625. The molecule has 0 atom stereocenters. The Labute approximate surface area is 305 Å². The van der Waals surface area contributed by atoms with E-state index in [1.54, 1.807) is 0 Å². The first kappa shape index (κ1) is 29.5. The molecular weight excluding hydrogens is 645 g/mol. The summed E-state index contributed by atoms with van der Waals surface area (Å²) in [5.41, 5.74) is 6.14. The van der Waals surface area contributed by atoms with Gasteiger partial charge in [-0.1, -0.05) is 158 Å². The van der Waals surface area contributed by atoms with E-state index in [4.69, 9.17) is 15.0 Å². The molecule has 0 aliphatic carbocycles. The van der Waals surface area contributed by atoms with Gasteiger partial charge in [0.05, 0.1) is 16.7 Å². The van der Waals surface area contributed by atoms with Crippen LogP contribution in [0.3, 0.4) is 0 Å². The largest absolute Gasteiger partial charge is 0.308 e. The lowest BCUT2D eigenvalue weighted by molar-refractivity contribution is 1.07. The molecule has 2 aromatic heterocycles. The molecular formula is C49H30N4. The molecule has 0 amide bonds. The molecule has 0 spiro atoms. The van der Waals surface area contributed by atoms with Gasteiger partial charge in [-0.25, -0.2) is 15.0 Å². The summed E-state index contributed by atoms with van der Waals surface area (Å²) in [5.74, 6) is 1.90. The zero-order valence-corrected chi connectivity index (χ0v) is 28.6. The molecule has 11 rings (SSSR count). The van der Waals surface area contributed by atoms with Gasteiger partial charge >= 0.3 is 0 Å². The highest BCUT2D eigenvalue weighted by molar-refractivity contribution is 6.21. The van der Waals surface area contributed by atoms with Gasteiger partial charge < -0.3 is 4.57 Å². The van der Waals surface area contributed by atoms with Crippen LogP contribution in [0.1, 0.15) is 0 Å². The van der Waals surface area contributed by atoms with Crippen molar-refractivity contribution in [1.82, 2.24) is 19.5 Å². The molecule has 4 heteroatoms. The molecule has 53 heavy (non-hydrogen) atoms. The first-order valence-corrected chi connectivity index (χ1v) is 18.0. The van der Waals surface area contributed by atoms with Gasteiger partial charge in [-0.05, 0) is 62.0 Å². The molecule has 0 radical (unpaired) electrons. The van der Waals surface area contributed by atoms with Crippen LogP contribution in [0.2, 0.25) is 0 Å². The Bertz CT molecular complexity index is 3230. The Morgan fingerprint density at radius 3 is 1.75 bits per heavy atom. The van der Waals surface area contributed by atoms with Gasteiger partial charge in [-0.15, -0.1) is 0 Å². The highest BCUT2D eigenvalue weighted by Crippen LogP contribution is 2.40. The second-order valence-corrected chi connectivity index (χ2v) is 13.6. The number of aromatic nitrogens is 4. The fraction of sp³-hybridized carbons (Fsp3) is 0. The summed E-state index contributed by atoms with van der Waals surface area (Å²) in [5, 5.41) is 12.2. The third-order valence-corrected chi connectivity index (χ3v) is 10.6. The average molecular weight is 675 g/mol. The molecule has 11 aromatic rings. The van der Waals surface area contributed by atoms with Crippen LogP contribution in [0, 0.1) is 0 Å². The summed E-state index contributed by atoms with van der Waals surface area (Å²) >= 11 is 0. The fourth-order valence-corrected chi connectivity index (χ4v) is 8.15. The molecule has 0 bridgehead atoms. The summed E-state index contributed by atoms with van der Waals surface area (Å²) in [6, 6.07) is 64.5. The first-order chi connectivity index (χ1) is 26.3. The normalized spacial score (nSPS) is 11.8. The van der Waals surface area contributed by atoms with Gasteiger partial charge in [-0.3, -0.25) is 0 Å². The van der Waals surface area contributed by atoms with E-state index in [0.717, 1.165) is 33.3 Å². The minimum absolute atomic E-state index is 0.625. The molecule has 0 N–H and O–H groups in total. The summed E-state index contributed by atoms with van der Waals surface area (Å²) < 4.78 is 2.39. The maximum Gasteiger partial charge on any atom is 0.166 e. The van der Waals surface area contributed by atoms with Crippen LogP contribution in [0.5, 0.6) is 0 Å². The molecule has 0 unspecified atom stereocenters. The Morgan fingerprint density at radius 1 is 0.340 bits per heavy atom. The van der Waals surface area contributed by atoms with Crippen LogP contribution in [0.25, 0.3) is 105 Å². The van der Waals surface area contributed by atoms with Crippen molar-refractivity contribution in [2.75, 3.05) is 0 Å². The van der Waals surface area contributed by atoms with Gasteiger partial charge in [0, 0.05) is 32.8 Å². The van der Waals surface area contributed by atoms with E-state index in [9.17, 15) is 0 Å². The topological polar surface area (TPSA) is 43.6 Å². The highest BCUT2D eigenvalue weighted by Gasteiger charge is 2.20. The third-order valence-electron chi connectivity index (χ3n) is 10.6. The van der Waals surface area contributed by atoms with Crippen LogP contribution in [-0.4, -0.2) is 19.5 Å². The van der Waals surface area contributed by atoms with E-state index < -0.39 is 0 Å². The van der Waals surface area contributed by atoms with Crippen LogP contribution >= 0.6 is 0 Å². The van der Waals surface area contributed by atoms with E-state index in [2.05, 4.69) is 168 Å². The summed E-state index contributed by atoms with van der Waals surface area (Å²) in [7, 11) is 0. The molecule has 246 valence electrons. The van der Waals surface area contributed by atoms with Gasteiger partial charge in [-0.2, -0.15) is 0 Å². The molecule has 2 heterocycles. The Hall–Kier alpha value is -7.17. The minimum Gasteiger partial charge on any atom is -0.308 e. The summed E-state index contributed by atoms with van der Waals surface area (Å²) in [4.78, 5) is 15.6. The van der Waals surface area contributed by atoms with Gasteiger partial charge in [0.2, 0.25) is 0 Å². The summed E-state index contributed by atoms with van der Waals surface area (Å²) in [6.45, 7) is 0. The number of para-hydroxylation sites is 2. The molecule has 0 saturated carbocycles. The Kier molecular flexibility index (Phi) is 6.52. The number of hydrogen-bond donors (Lipinski definition) is 0. The smallest absolute Gasteiger partial charge is 0.166 e. The van der Waals surface area contributed by atoms with Crippen molar-refractivity contribution < 1.29 is 0 Å². The van der Waals surface area contributed by atoms with E-state index in [1.165, 1.54) is 54.0 Å². The predicted octanol–water partition coefficient (Wildman–Crippen LogP) is 12.6. The zero-order valence-electron chi connectivity index (χ0n) is 28.6. The lowest BCUT2D eigenvalue weighted by Crippen LogP contribution is -2.03. The van der Waals surface area contributed by atoms with Gasteiger partial charge in [0.1, 0.15) is 0 Å². The second-order valence-electron chi connectivity index (χ2n) is 13.6. The molecule has 0 fully saturated rings. The quantitative estimate of drug-likeness (QED) is 0.175. The van der Waals surface area contributed by atoms with Crippen LogP contribution in [0.4, 0.5) is 0 Å². The van der Waals surface area contributed by atoms with Crippen molar-refractivity contribution in [2.24, 2.45) is 0 Å². The van der Waals surface area contributed by atoms with Crippen LogP contribution in [0.15, 0.2) is 182 Å². The summed E-state index contributed by atoms with van der Waals surface area (Å²) in [6.07, 6.45) is 0. The van der Waals surface area contributed by atoms with Crippen molar-refractivity contribution in [3.05, 3.63) is 182 Å². The third kappa shape index (κ3) is 4.66. The lowest BCUT2D eigenvalue weighted by atomic mass is 9.95. The number of benzene rings is 9. The molecule has 0 saturated heterocycles. The first-order valence-electron chi connectivity index (χ1n) is 18.0. The Morgan fingerprint density at radius 2 is 0.906 bits per heavy atom. The maximum absolute atomic E-state index is 5.28. The van der Waals surface area contributed by atoms with Crippen LogP contribution in [-0.2, 0) is 0 Å². The molecule has 9 aromatic carbocycles. The van der Waals surface area contributed by atoms with E-state index >= 15 is 0 Å². The number of fused-ring (bicyclic) bond motifs is 10. The standard InChI is InChI=1S/C49H30N4/c1-2-14-34(15-3-1)47-50-48(36-27-28-38-35(30-36)25-24-33-23-22-31-12-4-6-16-37(31)45(33)38)52-49(51-47)42-19-9-11-21-44(42)53-43-20-10-8-18-40(43)41-29-26-32-13-5-7-17-39(32)46(41)53/h1-30H. The average Bonchev–Trinajstić information content (AvgIpc) is 3.58. The van der Waals surface area contributed by atoms with E-state index in [-0.39, 0.29) is 0 Å². The zero-order chi connectivity index (χ0) is 34.9. The number of rotatable bonds is 4. The number of hydrogen-bond acceptors (Lipinski definition) is 3. The van der Waals surface area contributed by atoms with E-state index in [1.807, 2.05) is 18.2 Å². The molecule has 0 aliphatic heterocycles. The molecule has 0 aliphatic rings. The van der Waals surface area contributed by atoms with E-state index in [0.29, 0.717) is 17.5 Å². The van der Waals surface area contributed by atoms with Crippen LogP contribution < -0.4 is 0 Å². The van der Waals surface area contributed by atoms with Crippen molar-refractivity contribution >= 4 is 64.9 Å². The maximum atomic E-state index is 5.28. The molecule has 4 nitrogen and oxygen atoms in total. The Balaban J connectivity index is 1.16. The lowest BCUT2D eigenvalue weighted by Gasteiger charge is -2.15. The van der Waals surface area contributed by atoms with Gasteiger partial charge in [0.25, 0.3) is 0 Å². The van der Waals surface area contributed by atoms with Crippen molar-refractivity contribution in [3.8, 4) is 39.9 Å². The van der Waals surface area contributed by atoms with Crippen molar-refractivity contribution in [1.29, 1.82) is 0 Å². The fourth-order valence-electron chi connectivity index (χ4n) is 8.15. The predicted molar refractivity (Wildman–Crippen MR) is 220 cm³/mol. The SMILES string of the molecule is c1ccc(-c2nc(-c3ccc4c(ccc5ccc6ccccc6c54)c3)nc(-c3ccccc3-n3c4ccccc4c4ccc5ccccc5c43)n2)cc1. The second kappa shape index (κ2) is 11.7. The van der Waals surface area contributed by atoms with Gasteiger partial charge in [0.15, 0.2) is 17.5 Å². The monoisotopic (exact) mass is 674 g/mol.